The fourth-order valence-corrected chi connectivity index (χ4v) is 2.43. The number of para-hydroxylation sites is 2. The van der Waals surface area contributed by atoms with Crippen LogP contribution in [0.4, 0.5) is 5.69 Å². The number of aliphatic hydroxyl groups is 1. The molecule has 0 aromatic heterocycles. The Hall–Kier alpha value is -1.26. The van der Waals surface area contributed by atoms with E-state index in [1.807, 2.05) is 24.3 Å². The Morgan fingerprint density at radius 3 is 3.00 bits per heavy atom. The van der Waals surface area contributed by atoms with Gasteiger partial charge in [0, 0.05) is 19.7 Å². The van der Waals surface area contributed by atoms with Crippen molar-refractivity contribution < 1.29 is 9.84 Å². The van der Waals surface area contributed by atoms with Crippen molar-refractivity contribution in [2.75, 3.05) is 38.6 Å². The summed E-state index contributed by atoms with van der Waals surface area (Å²) in [5.41, 5.74) is 6.50. The Morgan fingerprint density at radius 1 is 1.39 bits per heavy atom. The van der Waals surface area contributed by atoms with Crippen LogP contribution in [0.15, 0.2) is 24.3 Å². The van der Waals surface area contributed by atoms with E-state index in [9.17, 15) is 0 Å². The summed E-state index contributed by atoms with van der Waals surface area (Å²) in [6, 6.07) is 7.58. The Bertz CT molecular complexity index is 371. The molecule has 1 aliphatic heterocycles. The number of anilines is 1. The van der Waals surface area contributed by atoms with Crippen molar-refractivity contribution in [1.29, 1.82) is 0 Å². The number of nitrogen functional groups attached to an aromatic ring is 1. The highest BCUT2D eigenvalue weighted by Crippen LogP contribution is 2.21. The van der Waals surface area contributed by atoms with Crippen LogP contribution in [0, 0.1) is 5.92 Å². The summed E-state index contributed by atoms with van der Waals surface area (Å²) in [6.45, 7) is 4.08. The summed E-state index contributed by atoms with van der Waals surface area (Å²) in [7, 11) is 0. The topological polar surface area (TPSA) is 58.7 Å². The van der Waals surface area contributed by atoms with Crippen LogP contribution in [0.1, 0.15) is 12.8 Å². The van der Waals surface area contributed by atoms with Gasteiger partial charge in [-0.1, -0.05) is 12.1 Å². The number of aliphatic hydroxyl groups excluding tert-OH is 1. The number of benzene rings is 1. The van der Waals surface area contributed by atoms with Crippen molar-refractivity contribution in [3.8, 4) is 5.75 Å². The normalized spacial score (nSPS) is 20.2. The summed E-state index contributed by atoms with van der Waals surface area (Å²) < 4.78 is 5.68. The molecule has 0 radical (unpaired) electrons. The van der Waals surface area contributed by atoms with Crippen LogP contribution in [0.25, 0.3) is 0 Å². The first-order valence-corrected chi connectivity index (χ1v) is 6.60. The highest BCUT2D eigenvalue weighted by atomic mass is 16.5. The van der Waals surface area contributed by atoms with Crippen molar-refractivity contribution in [2.24, 2.45) is 5.92 Å². The average Bonchev–Trinajstić information content (AvgIpc) is 2.80. The van der Waals surface area contributed by atoms with Crippen LogP contribution < -0.4 is 10.5 Å². The van der Waals surface area contributed by atoms with Crippen LogP contribution >= 0.6 is 0 Å². The van der Waals surface area contributed by atoms with Crippen LogP contribution in [0.3, 0.4) is 0 Å². The molecule has 1 aliphatic rings. The van der Waals surface area contributed by atoms with Gasteiger partial charge in [-0.05, 0) is 37.4 Å². The number of nitrogens with two attached hydrogens (primary N) is 1. The van der Waals surface area contributed by atoms with Crippen LogP contribution in [0.5, 0.6) is 5.75 Å². The van der Waals surface area contributed by atoms with Gasteiger partial charge in [-0.15, -0.1) is 0 Å². The maximum atomic E-state index is 8.91. The van der Waals surface area contributed by atoms with Gasteiger partial charge in [0.15, 0.2) is 0 Å². The zero-order valence-corrected chi connectivity index (χ0v) is 10.7. The Balaban J connectivity index is 1.69. The number of rotatable bonds is 6. The van der Waals surface area contributed by atoms with Gasteiger partial charge >= 0.3 is 0 Å². The Kier molecular flexibility index (Phi) is 4.84. The van der Waals surface area contributed by atoms with E-state index in [0.717, 1.165) is 31.8 Å². The van der Waals surface area contributed by atoms with Crippen molar-refractivity contribution in [2.45, 2.75) is 12.8 Å². The van der Waals surface area contributed by atoms with E-state index in [1.54, 1.807) is 0 Å². The van der Waals surface area contributed by atoms with Crippen molar-refractivity contribution in [3.05, 3.63) is 24.3 Å². The molecule has 0 bridgehead atoms. The quantitative estimate of drug-likeness (QED) is 0.748. The summed E-state index contributed by atoms with van der Waals surface area (Å²) in [5.74, 6) is 1.42. The summed E-state index contributed by atoms with van der Waals surface area (Å²) >= 11 is 0. The zero-order valence-electron chi connectivity index (χ0n) is 10.7. The minimum Gasteiger partial charge on any atom is -0.490 e. The van der Waals surface area contributed by atoms with Gasteiger partial charge in [0.1, 0.15) is 12.4 Å². The molecule has 0 amide bonds. The lowest BCUT2D eigenvalue weighted by molar-refractivity contribution is 0.223. The molecular formula is C14H22N2O2. The molecule has 100 valence electrons. The number of ether oxygens (including phenoxy) is 1. The second-order valence-electron chi connectivity index (χ2n) is 4.85. The Morgan fingerprint density at radius 2 is 2.22 bits per heavy atom. The maximum Gasteiger partial charge on any atom is 0.142 e. The first-order chi connectivity index (χ1) is 8.79. The van der Waals surface area contributed by atoms with E-state index in [0.29, 0.717) is 24.8 Å². The molecule has 1 unspecified atom stereocenters. The second-order valence-corrected chi connectivity index (χ2v) is 4.85. The van der Waals surface area contributed by atoms with E-state index < -0.39 is 0 Å². The van der Waals surface area contributed by atoms with Crippen molar-refractivity contribution in [1.82, 2.24) is 4.90 Å². The first-order valence-electron chi connectivity index (χ1n) is 6.60. The van der Waals surface area contributed by atoms with Crippen LogP contribution in [-0.2, 0) is 0 Å². The van der Waals surface area contributed by atoms with Gasteiger partial charge < -0.3 is 15.6 Å². The highest BCUT2D eigenvalue weighted by Gasteiger charge is 2.21. The lowest BCUT2D eigenvalue weighted by Crippen LogP contribution is -2.26. The molecule has 0 spiro atoms. The molecule has 4 nitrogen and oxygen atoms in total. The monoisotopic (exact) mass is 250 g/mol. The van der Waals surface area contributed by atoms with Gasteiger partial charge in [0.05, 0.1) is 5.69 Å². The van der Waals surface area contributed by atoms with E-state index in [-0.39, 0.29) is 0 Å². The summed E-state index contributed by atoms with van der Waals surface area (Å²) in [4.78, 5) is 2.39. The van der Waals surface area contributed by atoms with Gasteiger partial charge in [0.25, 0.3) is 0 Å². The smallest absolute Gasteiger partial charge is 0.142 e. The van der Waals surface area contributed by atoms with E-state index in [1.165, 1.54) is 6.42 Å². The minimum absolute atomic E-state index is 0.301. The molecule has 1 atom stereocenters. The highest BCUT2D eigenvalue weighted by molar-refractivity contribution is 5.51. The standard InChI is InChI=1S/C14H22N2O2/c15-13-3-1-2-4-14(13)18-10-8-16-7-5-12(11-16)6-9-17/h1-4,12,17H,5-11,15H2. The molecular weight excluding hydrogens is 228 g/mol. The number of nitrogens with zero attached hydrogens (tertiary/aromatic N) is 1. The lowest BCUT2D eigenvalue weighted by atomic mass is 10.1. The molecule has 1 aromatic carbocycles. The fourth-order valence-electron chi connectivity index (χ4n) is 2.43. The molecule has 4 heteroatoms. The molecule has 1 fully saturated rings. The third-order valence-corrected chi connectivity index (χ3v) is 3.49. The zero-order chi connectivity index (χ0) is 12.8. The Labute approximate surface area is 108 Å². The fraction of sp³-hybridized carbons (Fsp3) is 0.571. The second kappa shape index (κ2) is 6.61. The number of hydrogen-bond donors (Lipinski definition) is 2. The SMILES string of the molecule is Nc1ccccc1OCCN1CCC(CCO)C1. The third kappa shape index (κ3) is 3.62. The summed E-state index contributed by atoms with van der Waals surface area (Å²) in [6.07, 6.45) is 2.11. The third-order valence-electron chi connectivity index (χ3n) is 3.49. The van der Waals surface area contributed by atoms with Crippen LogP contribution in [0.2, 0.25) is 0 Å². The first kappa shape index (κ1) is 13.2. The van der Waals surface area contributed by atoms with Gasteiger partial charge in [-0.2, -0.15) is 0 Å². The number of hydrogen-bond acceptors (Lipinski definition) is 4. The molecule has 0 aliphatic carbocycles. The molecule has 1 heterocycles. The van der Waals surface area contributed by atoms with Gasteiger partial charge in [-0.25, -0.2) is 0 Å². The molecule has 3 N–H and O–H groups in total. The molecule has 1 saturated heterocycles. The average molecular weight is 250 g/mol. The van der Waals surface area contributed by atoms with E-state index in [2.05, 4.69) is 4.90 Å². The van der Waals surface area contributed by atoms with E-state index in [4.69, 9.17) is 15.6 Å². The molecule has 18 heavy (non-hydrogen) atoms. The molecule has 2 rings (SSSR count). The van der Waals surface area contributed by atoms with Gasteiger partial charge in [-0.3, -0.25) is 4.90 Å². The van der Waals surface area contributed by atoms with Crippen molar-refractivity contribution in [3.63, 3.8) is 0 Å². The van der Waals surface area contributed by atoms with E-state index >= 15 is 0 Å². The van der Waals surface area contributed by atoms with Gasteiger partial charge in [0.2, 0.25) is 0 Å². The predicted octanol–water partition coefficient (Wildman–Crippen LogP) is 1.35. The van der Waals surface area contributed by atoms with Crippen molar-refractivity contribution >= 4 is 5.69 Å². The predicted molar refractivity (Wildman–Crippen MR) is 72.6 cm³/mol. The largest absolute Gasteiger partial charge is 0.490 e. The molecule has 1 aromatic rings. The lowest BCUT2D eigenvalue weighted by Gasteiger charge is -2.16. The summed E-state index contributed by atoms with van der Waals surface area (Å²) in [5, 5.41) is 8.91. The number of likely N-dealkylation sites (tertiary alicyclic amines) is 1. The molecule has 0 saturated carbocycles. The van der Waals surface area contributed by atoms with Crippen LogP contribution in [-0.4, -0.2) is 42.9 Å². The minimum atomic E-state index is 0.301. The maximum absolute atomic E-state index is 8.91.